The maximum atomic E-state index is 12.5. The zero-order chi connectivity index (χ0) is 26.0. The molecule has 1 aromatic heterocycles. The first-order valence-electron chi connectivity index (χ1n) is 11.5. The number of benzene rings is 3. The van der Waals surface area contributed by atoms with Gasteiger partial charge in [-0.25, -0.2) is 5.43 Å². The average molecular weight is 518 g/mol. The summed E-state index contributed by atoms with van der Waals surface area (Å²) in [5, 5.41) is 13.4. The summed E-state index contributed by atoms with van der Waals surface area (Å²) in [5.41, 5.74) is 5.04. The van der Waals surface area contributed by atoms with Gasteiger partial charge in [0.2, 0.25) is 0 Å². The molecule has 0 bridgehead atoms. The number of hydrazone groups is 1. The van der Waals surface area contributed by atoms with Gasteiger partial charge in [0.15, 0.2) is 11.0 Å². The fourth-order valence-corrected chi connectivity index (χ4v) is 4.21. The number of nitrogens with one attached hydrogen (secondary N) is 1. The molecule has 0 unspecified atom stereocenters. The van der Waals surface area contributed by atoms with Crippen molar-refractivity contribution < 1.29 is 19.0 Å². The second-order valence-corrected chi connectivity index (χ2v) is 8.56. The molecule has 0 fully saturated rings. The fraction of sp³-hybridized carbons (Fsp3) is 0.185. The Morgan fingerprint density at radius 2 is 1.65 bits per heavy atom. The quantitative estimate of drug-likeness (QED) is 0.176. The normalized spacial score (nSPS) is 10.9. The van der Waals surface area contributed by atoms with Crippen LogP contribution in [0, 0.1) is 0 Å². The number of carbonyl (C=O) groups is 1. The topological polar surface area (TPSA) is 99.9 Å². The zero-order valence-electron chi connectivity index (χ0n) is 20.7. The summed E-state index contributed by atoms with van der Waals surface area (Å²) in [5.74, 6) is 2.65. The molecule has 37 heavy (non-hydrogen) atoms. The molecule has 0 atom stereocenters. The predicted octanol–water partition coefficient (Wildman–Crippen LogP) is 4.59. The largest absolute Gasteiger partial charge is 0.497 e. The van der Waals surface area contributed by atoms with Gasteiger partial charge >= 0.3 is 0 Å². The van der Waals surface area contributed by atoms with E-state index in [0.29, 0.717) is 23.3 Å². The second-order valence-electron chi connectivity index (χ2n) is 7.62. The lowest BCUT2D eigenvalue weighted by Crippen LogP contribution is -2.20. The van der Waals surface area contributed by atoms with Gasteiger partial charge in [0.25, 0.3) is 5.91 Å². The summed E-state index contributed by atoms with van der Waals surface area (Å²) in [6.45, 7) is 2.46. The molecule has 190 valence electrons. The molecule has 0 radical (unpaired) electrons. The van der Waals surface area contributed by atoms with E-state index in [1.807, 2.05) is 84.3 Å². The molecule has 10 heteroatoms. The molecular weight excluding hydrogens is 490 g/mol. The Kier molecular flexibility index (Phi) is 8.77. The molecule has 4 rings (SSSR count). The third-order valence-corrected chi connectivity index (χ3v) is 6.19. The number of hydrogen-bond donors (Lipinski definition) is 1. The number of carbonyl (C=O) groups excluding carboxylic acids is 1. The summed E-state index contributed by atoms with van der Waals surface area (Å²) < 4.78 is 18.0. The van der Waals surface area contributed by atoms with Gasteiger partial charge in [-0.2, -0.15) is 5.10 Å². The van der Waals surface area contributed by atoms with E-state index in [-0.39, 0.29) is 11.7 Å². The summed E-state index contributed by atoms with van der Waals surface area (Å²) >= 11 is 1.26. The van der Waals surface area contributed by atoms with Crippen LogP contribution in [0.3, 0.4) is 0 Å². The number of aromatic nitrogens is 3. The van der Waals surface area contributed by atoms with Gasteiger partial charge in [-0.15, -0.1) is 10.2 Å². The fourth-order valence-electron chi connectivity index (χ4n) is 3.46. The highest BCUT2D eigenvalue weighted by molar-refractivity contribution is 7.99. The van der Waals surface area contributed by atoms with Crippen molar-refractivity contribution in [2.24, 2.45) is 5.10 Å². The lowest BCUT2D eigenvalue weighted by atomic mass is 10.2. The molecule has 1 heterocycles. The zero-order valence-corrected chi connectivity index (χ0v) is 21.6. The Bertz CT molecular complexity index is 1350. The number of thioether (sulfide) groups is 1. The lowest BCUT2D eigenvalue weighted by Gasteiger charge is -2.11. The highest BCUT2D eigenvalue weighted by atomic mass is 32.2. The summed E-state index contributed by atoms with van der Waals surface area (Å²) in [6.07, 6.45) is 1.56. The van der Waals surface area contributed by atoms with Crippen LogP contribution in [0.15, 0.2) is 83.1 Å². The van der Waals surface area contributed by atoms with Gasteiger partial charge in [0.1, 0.15) is 17.2 Å². The monoisotopic (exact) mass is 517 g/mol. The molecule has 0 saturated carbocycles. The molecular formula is C27H27N5O4S. The second kappa shape index (κ2) is 12.6. The van der Waals surface area contributed by atoms with E-state index in [4.69, 9.17) is 14.2 Å². The van der Waals surface area contributed by atoms with Crippen LogP contribution in [-0.4, -0.2) is 53.5 Å². The first-order valence-corrected chi connectivity index (χ1v) is 12.5. The van der Waals surface area contributed by atoms with Crippen LogP contribution < -0.4 is 19.6 Å². The number of hydrogen-bond acceptors (Lipinski definition) is 8. The third-order valence-electron chi connectivity index (χ3n) is 5.26. The molecule has 0 spiro atoms. The highest BCUT2D eigenvalue weighted by Gasteiger charge is 2.17. The molecule has 0 aliphatic carbocycles. The summed E-state index contributed by atoms with van der Waals surface area (Å²) in [7, 11) is 3.24. The van der Waals surface area contributed by atoms with E-state index < -0.39 is 0 Å². The van der Waals surface area contributed by atoms with Crippen molar-refractivity contribution in [3.8, 4) is 34.3 Å². The van der Waals surface area contributed by atoms with Crippen molar-refractivity contribution >= 4 is 23.9 Å². The first-order chi connectivity index (χ1) is 18.1. The van der Waals surface area contributed by atoms with Crippen molar-refractivity contribution in [1.29, 1.82) is 0 Å². The van der Waals surface area contributed by atoms with E-state index in [2.05, 4.69) is 20.7 Å². The molecule has 9 nitrogen and oxygen atoms in total. The van der Waals surface area contributed by atoms with Crippen LogP contribution in [0.5, 0.6) is 17.2 Å². The van der Waals surface area contributed by atoms with E-state index >= 15 is 0 Å². The number of rotatable bonds is 11. The van der Waals surface area contributed by atoms with Gasteiger partial charge in [-0.3, -0.25) is 9.36 Å². The summed E-state index contributed by atoms with van der Waals surface area (Å²) in [4.78, 5) is 12.5. The Balaban J connectivity index is 1.51. The smallest absolute Gasteiger partial charge is 0.250 e. The number of methoxy groups -OCH3 is 2. The maximum Gasteiger partial charge on any atom is 0.250 e. The van der Waals surface area contributed by atoms with Crippen LogP contribution in [0.4, 0.5) is 0 Å². The van der Waals surface area contributed by atoms with Crippen molar-refractivity contribution in [2.75, 3.05) is 26.6 Å². The van der Waals surface area contributed by atoms with Gasteiger partial charge in [0.05, 0.1) is 32.8 Å². The molecule has 4 aromatic rings. The number of para-hydroxylation sites is 1. The molecule has 1 amide bonds. The Labute approximate surface area is 219 Å². The van der Waals surface area contributed by atoms with E-state index in [0.717, 1.165) is 28.3 Å². The SMILES string of the molecule is CCOc1ccccc1/C=N/NC(=O)CSc1nnc(-c2ccc(OC)cc2)n1-c1ccc(OC)cc1. The Morgan fingerprint density at radius 3 is 2.32 bits per heavy atom. The van der Waals surface area contributed by atoms with Crippen molar-refractivity contribution in [3.63, 3.8) is 0 Å². The lowest BCUT2D eigenvalue weighted by molar-refractivity contribution is -0.118. The van der Waals surface area contributed by atoms with Gasteiger partial charge in [0, 0.05) is 16.8 Å². The number of nitrogens with zero attached hydrogens (tertiary/aromatic N) is 4. The predicted molar refractivity (Wildman–Crippen MR) is 144 cm³/mol. The molecule has 3 aromatic carbocycles. The maximum absolute atomic E-state index is 12.5. The van der Waals surface area contributed by atoms with Gasteiger partial charge in [-0.05, 0) is 67.6 Å². The number of amides is 1. The average Bonchev–Trinajstić information content (AvgIpc) is 3.37. The van der Waals surface area contributed by atoms with E-state index in [1.54, 1.807) is 20.4 Å². The summed E-state index contributed by atoms with van der Waals surface area (Å²) in [6, 6.07) is 22.6. The third kappa shape index (κ3) is 6.47. The van der Waals surface area contributed by atoms with Crippen molar-refractivity contribution in [3.05, 3.63) is 78.4 Å². The van der Waals surface area contributed by atoms with Crippen LogP contribution in [0.2, 0.25) is 0 Å². The Hall–Kier alpha value is -4.31. The van der Waals surface area contributed by atoms with Crippen LogP contribution in [0.25, 0.3) is 17.1 Å². The standard InChI is InChI=1S/C27H27N5O4S/c1-4-36-24-8-6-5-7-20(24)17-28-29-25(33)18-37-27-31-30-26(19-9-13-22(34-2)14-10-19)32(27)21-11-15-23(35-3)16-12-21/h5-17H,4,18H2,1-3H3,(H,29,33)/b28-17+. The Morgan fingerprint density at radius 1 is 0.973 bits per heavy atom. The number of ether oxygens (including phenoxy) is 3. The van der Waals surface area contributed by atoms with Crippen LogP contribution >= 0.6 is 11.8 Å². The van der Waals surface area contributed by atoms with Crippen LogP contribution in [0.1, 0.15) is 12.5 Å². The van der Waals surface area contributed by atoms with Gasteiger partial charge in [-0.1, -0.05) is 23.9 Å². The minimum Gasteiger partial charge on any atom is -0.497 e. The van der Waals surface area contributed by atoms with E-state index in [9.17, 15) is 4.79 Å². The van der Waals surface area contributed by atoms with Gasteiger partial charge < -0.3 is 14.2 Å². The van der Waals surface area contributed by atoms with E-state index in [1.165, 1.54) is 11.8 Å². The first kappa shape index (κ1) is 25.8. The minimum absolute atomic E-state index is 0.0986. The van der Waals surface area contributed by atoms with Crippen LogP contribution in [-0.2, 0) is 4.79 Å². The van der Waals surface area contributed by atoms with Crippen molar-refractivity contribution in [2.45, 2.75) is 12.1 Å². The highest BCUT2D eigenvalue weighted by Crippen LogP contribution is 2.29. The molecule has 1 N–H and O–H groups in total. The minimum atomic E-state index is -0.273. The molecule has 0 aliphatic rings. The molecule has 0 saturated heterocycles. The molecule has 0 aliphatic heterocycles. The van der Waals surface area contributed by atoms with Crippen molar-refractivity contribution in [1.82, 2.24) is 20.2 Å².